The topological polar surface area (TPSA) is 91.8 Å². The van der Waals surface area contributed by atoms with Crippen molar-refractivity contribution in [1.82, 2.24) is 9.88 Å². The lowest BCUT2D eigenvalue weighted by Crippen LogP contribution is -2.39. The van der Waals surface area contributed by atoms with E-state index < -0.39 is 0 Å². The number of hydrogen-bond acceptors (Lipinski definition) is 4. The number of fused-ring (bicyclic) bond motifs is 1. The molecular formula is C15H18N4O2. The highest BCUT2D eigenvalue weighted by atomic mass is 16.4. The average Bonchev–Trinajstić information content (AvgIpc) is 2.53. The van der Waals surface area contributed by atoms with Crippen LogP contribution in [0, 0.1) is 0 Å². The Bertz CT molecular complexity index is 664. The van der Waals surface area contributed by atoms with Gasteiger partial charge in [-0.3, -0.25) is 9.78 Å². The van der Waals surface area contributed by atoms with Crippen LogP contribution in [0.2, 0.25) is 0 Å². The van der Waals surface area contributed by atoms with Gasteiger partial charge in [-0.25, -0.2) is 0 Å². The molecule has 6 nitrogen and oxygen atoms in total. The summed E-state index contributed by atoms with van der Waals surface area (Å²) in [6.45, 7) is 2.58. The first-order chi connectivity index (χ1) is 10.2. The van der Waals surface area contributed by atoms with Gasteiger partial charge in [0.2, 0.25) is 0 Å². The summed E-state index contributed by atoms with van der Waals surface area (Å²) < 4.78 is 0. The molecule has 0 unspecified atom stereocenters. The minimum absolute atomic E-state index is 0.00463. The van der Waals surface area contributed by atoms with Crippen molar-refractivity contribution < 1.29 is 10.0 Å². The third-order valence-corrected chi connectivity index (χ3v) is 3.13. The maximum atomic E-state index is 12.7. The van der Waals surface area contributed by atoms with Gasteiger partial charge in [-0.15, -0.1) is 0 Å². The molecule has 1 amide bonds. The zero-order chi connectivity index (χ0) is 15.2. The van der Waals surface area contributed by atoms with Crippen molar-refractivity contribution in [3.8, 4) is 0 Å². The fourth-order valence-corrected chi connectivity index (χ4v) is 2.20. The lowest BCUT2D eigenvalue weighted by molar-refractivity contribution is 0.0780. The molecule has 0 aliphatic rings. The number of oxime groups is 1. The molecule has 0 aliphatic carbocycles. The summed E-state index contributed by atoms with van der Waals surface area (Å²) in [7, 11) is 0. The lowest BCUT2D eigenvalue weighted by Gasteiger charge is -2.21. The number of carbonyl (C=O) groups excluding carboxylic acids is 1. The normalized spacial score (nSPS) is 11.6. The number of para-hydroxylation sites is 1. The summed E-state index contributed by atoms with van der Waals surface area (Å²) in [4.78, 5) is 18.5. The Morgan fingerprint density at radius 1 is 1.38 bits per heavy atom. The molecule has 110 valence electrons. The first-order valence-electron chi connectivity index (χ1n) is 6.76. The summed E-state index contributed by atoms with van der Waals surface area (Å²) in [6.07, 6.45) is 2.44. The number of amides is 1. The zero-order valence-corrected chi connectivity index (χ0v) is 11.9. The molecule has 0 saturated carbocycles. The SMILES string of the molecule is CCCN(CC(N)=NO)C(=O)c1cccc2cccnc12. The van der Waals surface area contributed by atoms with Gasteiger partial charge in [-0.05, 0) is 18.6 Å². The van der Waals surface area contributed by atoms with E-state index >= 15 is 0 Å². The van der Waals surface area contributed by atoms with E-state index in [4.69, 9.17) is 10.9 Å². The minimum Gasteiger partial charge on any atom is -0.409 e. The number of rotatable bonds is 5. The Labute approximate surface area is 122 Å². The van der Waals surface area contributed by atoms with Crippen LogP contribution in [0.1, 0.15) is 23.7 Å². The molecule has 1 heterocycles. The second kappa shape index (κ2) is 6.69. The van der Waals surface area contributed by atoms with E-state index in [1.54, 1.807) is 17.2 Å². The second-order valence-electron chi connectivity index (χ2n) is 4.70. The Morgan fingerprint density at radius 2 is 2.14 bits per heavy atom. The molecule has 0 atom stereocenters. The Kier molecular flexibility index (Phi) is 4.71. The molecule has 21 heavy (non-hydrogen) atoms. The van der Waals surface area contributed by atoms with E-state index in [0.29, 0.717) is 17.6 Å². The standard InChI is InChI=1S/C15H18N4O2/c1-2-9-19(10-13(16)18-21)15(20)12-7-3-5-11-6-4-8-17-14(11)12/h3-8,21H,2,9-10H2,1H3,(H2,16,18). The van der Waals surface area contributed by atoms with Crippen LogP contribution in [-0.2, 0) is 0 Å². The average molecular weight is 286 g/mol. The minimum atomic E-state index is -0.173. The molecule has 1 aromatic carbocycles. The molecule has 2 aromatic rings. The molecule has 0 fully saturated rings. The predicted octanol–water partition coefficient (Wildman–Crippen LogP) is 1.83. The van der Waals surface area contributed by atoms with Crippen molar-refractivity contribution in [2.45, 2.75) is 13.3 Å². The molecule has 3 N–H and O–H groups in total. The Hall–Kier alpha value is -2.63. The third kappa shape index (κ3) is 3.28. The number of amidine groups is 1. The monoisotopic (exact) mass is 286 g/mol. The van der Waals surface area contributed by atoms with E-state index in [-0.39, 0.29) is 18.3 Å². The van der Waals surface area contributed by atoms with Crippen molar-refractivity contribution in [3.63, 3.8) is 0 Å². The number of pyridine rings is 1. The lowest BCUT2D eigenvalue weighted by atomic mass is 10.1. The maximum absolute atomic E-state index is 12.7. The van der Waals surface area contributed by atoms with Crippen molar-refractivity contribution in [2.24, 2.45) is 10.9 Å². The van der Waals surface area contributed by atoms with E-state index in [0.717, 1.165) is 11.8 Å². The van der Waals surface area contributed by atoms with Gasteiger partial charge in [-0.2, -0.15) is 0 Å². The van der Waals surface area contributed by atoms with Crippen LogP contribution >= 0.6 is 0 Å². The van der Waals surface area contributed by atoms with Crippen LogP contribution in [0.4, 0.5) is 0 Å². The summed E-state index contributed by atoms with van der Waals surface area (Å²) in [5.74, 6) is -0.169. The van der Waals surface area contributed by atoms with E-state index in [2.05, 4.69) is 10.1 Å². The van der Waals surface area contributed by atoms with Crippen LogP contribution in [0.3, 0.4) is 0 Å². The highest BCUT2D eigenvalue weighted by Gasteiger charge is 2.19. The number of carbonyl (C=O) groups is 1. The van der Waals surface area contributed by atoms with Crippen LogP contribution in [0.15, 0.2) is 41.7 Å². The fraction of sp³-hybridized carbons (Fsp3) is 0.267. The van der Waals surface area contributed by atoms with Gasteiger partial charge in [0.25, 0.3) is 5.91 Å². The van der Waals surface area contributed by atoms with Gasteiger partial charge in [-0.1, -0.05) is 30.3 Å². The van der Waals surface area contributed by atoms with Gasteiger partial charge in [0.05, 0.1) is 17.6 Å². The van der Waals surface area contributed by atoms with Gasteiger partial charge in [0, 0.05) is 18.1 Å². The molecule has 0 spiro atoms. The Balaban J connectivity index is 2.39. The predicted molar refractivity (Wildman–Crippen MR) is 81.3 cm³/mol. The smallest absolute Gasteiger partial charge is 0.256 e. The van der Waals surface area contributed by atoms with Crippen molar-refractivity contribution in [1.29, 1.82) is 0 Å². The molecule has 0 aliphatic heterocycles. The molecule has 6 heteroatoms. The van der Waals surface area contributed by atoms with Gasteiger partial charge < -0.3 is 15.8 Å². The number of hydrogen-bond donors (Lipinski definition) is 2. The van der Waals surface area contributed by atoms with Crippen molar-refractivity contribution >= 4 is 22.6 Å². The van der Waals surface area contributed by atoms with Crippen LogP contribution in [0.25, 0.3) is 10.9 Å². The molecule has 2 rings (SSSR count). The number of nitrogens with zero attached hydrogens (tertiary/aromatic N) is 3. The second-order valence-corrected chi connectivity index (χ2v) is 4.70. The number of nitrogens with two attached hydrogens (primary N) is 1. The molecular weight excluding hydrogens is 268 g/mol. The molecule has 0 saturated heterocycles. The first kappa shape index (κ1) is 14.8. The maximum Gasteiger partial charge on any atom is 0.256 e. The van der Waals surface area contributed by atoms with Crippen molar-refractivity contribution in [2.75, 3.05) is 13.1 Å². The molecule has 0 radical (unpaired) electrons. The summed E-state index contributed by atoms with van der Waals surface area (Å²) >= 11 is 0. The van der Waals surface area contributed by atoms with Crippen molar-refractivity contribution in [3.05, 3.63) is 42.1 Å². The highest BCUT2D eigenvalue weighted by molar-refractivity contribution is 6.06. The van der Waals surface area contributed by atoms with E-state index in [1.165, 1.54) is 0 Å². The number of benzene rings is 1. The van der Waals surface area contributed by atoms with E-state index in [9.17, 15) is 4.79 Å². The molecule has 1 aromatic heterocycles. The zero-order valence-electron chi connectivity index (χ0n) is 11.9. The van der Waals surface area contributed by atoms with Crippen LogP contribution in [0.5, 0.6) is 0 Å². The summed E-state index contributed by atoms with van der Waals surface area (Å²) in [6, 6.07) is 9.22. The number of aromatic nitrogens is 1. The first-order valence-corrected chi connectivity index (χ1v) is 6.76. The summed E-state index contributed by atoms with van der Waals surface area (Å²) in [5, 5.41) is 12.5. The van der Waals surface area contributed by atoms with Gasteiger partial charge >= 0.3 is 0 Å². The van der Waals surface area contributed by atoms with Gasteiger partial charge in [0.15, 0.2) is 5.84 Å². The van der Waals surface area contributed by atoms with Crippen LogP contribution < -0.4 is 5.73 Å². The quantitative estimate of drug-likeness (QED) is 0.379. The third-order valence-electron chi connectivity index (χ3n) is 3.13. The van der Waals surface area contributed by atoms with E-state index in [1.807, 2.05) is 31.2 Å². The summed E-state index contributed by atoms with van der Waals surface area (Å²) in [5.41, 5.74) is 6.70. The fourth-order valence-electron chi connectivity index (χ4n) is 2.20. The Morgan fingerprint density at radius 3 is 2.86 bits per heavy atom. The van der Waals surface area contributed by atoms with Crippen LogP contribution in [-0.4, -0.2) is 39.9 Å². The molecule has 0 bridgehead atoms. The van der Waals surface area contributed by atoms with Gasteiger partial charge in [0.1, 0.15) is 0 Å². The highest BCUT2D eigenvalue weighted by Crippen LogP contribution is 2.17. The largest absolute Gasteiger partial charge is 0.409 e.